The average molecular weight is 294 g/mol. The zero-order valence-electron chi connectivity index (χ0n) is 9.27. The highest BCUT2D eigenvalue weighted by Gasteiger charge is 2.02. The molecule has 5 heteroatoms. The van der Waals surface area contributed by atoms with Gasteiger partial charge in [0.1, 0.15) is 5.82 Å². The summed E-state index contributed by atoms with van der Waals surface area (Å²) in [7, 11) is 1.54. The molecule has 0 fully saturated rings. The highest BCUT2D eigenvalue weighted by molar-refractivity contribution is 9.10. The molecule has 0 aliphatic heterocycles. The molecule has 0 unspecified atom stereocenters. The second-order valence-electron chi connectivity index (χ2n) is 3.43. The summed E-state index contributed by atoms with van der Waals surface area (Å²) in [6.07, 6.45) is 0. The minimum absolute atomic E-state index is 0.423. The van der Waals surface area contributed by atoms with Crippen LogP contribution in [0.3, 0.4) is 0 Å². The van der Waals surface area contributed by atoms with Crippen LogP contribution in [0.5, 0.6) is 5.88 Å². The highest BCUT2D eigenvalue weighted by Crippen LogP contribution is 2.23. The predicted octanol–water partition coefficient (Wildman–Crippen LogP) is 3.18. The van der Waals surface area contributed by atoms with E-state index in [1.807, 2.05) is 24.3 Å². The molecule has 88 valence electrons. The minimum atomic E-state index is 0.423. The molecule has 4 nitrogen and oxygen atoms in total. The molecule has 3 N–H and O–H groups in total. The van der Waals surface area contributed by atoms with Gasteiger partial charge in [-0.25, -0.2) is 0 Å². The van der Waals surface area contributed by atoms with Gasteiger partial charge in [0.05, 0.1) is 12.8 Å². The largest absolute Gasteiger partial charge is 0.479 e. The Morgan fingerprint density at radius 3 is 2.53 bits per heavy atom. The number of ether oxygens (including phenoxy) is 1. The number of anilines is 3. The average Bonchev–Trinajstić information content (AvgIpc) is 2.34. The third-order valence-electron chi connectivity index (χ3n) is 2.20. The van der Waals surface area contributed by atoms with Crippen molar-refractivity contribution in [3.05, 3.63) is 40.9 Å². The molecule has 1 aromatic carbocycles. The molecule has 0 saturated heterocycles. The van der Waals surface area contributed by atoms with Crippen LogP contribution in [0.4, 0.5) is 17.2 Å². The Labute approximate surface area is 108 Å². The molecule has 0 radical (unpaired) electrons. The number of nitrogens with zero attached hydrogens (tertiary/aromatic N) is 1. The second-order valence-corrected chi connectivity index (χ2v) is 4.34. The van der Waals surface area contributed by atoms with Crippen LogP contribution in [-0.4, -0.2) is 12.1 Å². The van der Waals surface area contributed by atoms with Crippen molar-refractivity contribution in [3.8, 4) is 5.88 Å². The number of benzene rings is 1. The van der Waals surface area contributed by atoms with E-state index in [1.54, 1.807) is 19.2 Å². The number of nitrogen functional groups attached to an aromatic ring is 1. The molecule has 2 aromatic rings. The third kappa shape index (κ3) is 2.88. The van der Waals surface area contributed by atoms with Crippen LogP contribution < -0.4 is 15.8 Å². The van der Waals surface area contributed by atoms with Gasteiger partial charge in [0.25, 0.3) is 0 Å². The Morgan fingerprint density at radius 2 is 1.88 bits per heavy atom. The van der Waals surface area contributed by atoms with Crippen LogP contribution >= 0.6 is 15.9 Å². The Hall–Kier alpha value is -1.75. The molecule has 0 atom stereocenters. The maximum absolute atomic E-state index is 5.69. The van der Waals surface area contributed by atoms with E-state index in [4.69, 9.17) is 10.5 Å². The summed E-state index contributed by atoms with van der Waals surface area (Å²) in [6, 6.07) is 11.4. The Bertz CT molecular complexity index is 514. The summed E-state index contributed by atoms with van der Waals surface area (Å²) in [5.74, 6) is 1.12. The lowest BCUT2D eigenvalue weighted by atomic mass is 10.3. The number of aromatic nitrogens is 1. The monoisotopic (exact) mass is 293 g/mol. The van der Waals surface area contributed by atoms with Crippen molar-refractivity contribution in [1.82, 2.24) is 4.98 Å². The molecular weight excluding hydrogens is 282 g/mol. The summed E-state index contributed by atoms with van der Waals surface area (Å²) >= 11 is 3.38. The number of halogens is 1. The summed E-state index contributed by atoms with van der Waals surface area (Å²) < 4.78 is 6.09. The molecule has 17 heavy (non-hydrogen) atoms. The van der Waals surface area contributed by atoms with Crippen molar-refractivity contribution in [2.24, 2.45) is 0 Å². The normalized spacial score (nSPS) is 10.0. The van der Waals surface area contributed by atoms with E-state index in [0.29, 0.717) is 17.4 Å². The predicted molar refractivity (Wildman–Crippen MR) is 72.6 cm³/mol. The lowest BCUT2D eigenvalue weighted by Gasteiger charge is -2.08. The van der Waals surface area contributed by atoms with E-state index < -0.39 is 0 Å². The van der Waals surface area contributed by atoms with Gasteiger partial charge in [-0.1, -0.05) is 15.9 Å². The van der Waals surface area contributed by atoms with Gasteiger partial charge in [-0.2, -0.15) is 4.98 Å². The van der Waals surface area contributed by atoms with E-state index in [2.05, 4.69) is 26.2 Å². The van der Waals surface area contributed by atoms with Gasteiger partial charge < -0.3 is 15.8 Å². The molecular formula is C12H12BrN3O. The molecule has 0 saturated carbocycles. The van der Waals surface area contributed by atoms with Crippen molar-refractivity contribution in [2.75, 3.05) is 18.2 Å². The first-order valence-electron chi connectivity index (χ1n) is 5.02. The SMILES string of the molecule is COc1nc(Nc2ccc(Br)cc2)ccc1N. The van der Waals surface area contributed by atoms with Crippen molar-refractivity contribution in [2.45, 2.75) is 0 Å². The molecule has 0 amide bonds. The first kappa shape index (κ1) is 11.7. The minimum Gasteiger partial charge on any atom is -0.479 e. The van der Waals surface area contributed by atoms with Gasteiger partial charge in [0.2, 0.25) is 5.88 Å². The van der Waals surface area contributed by atoms with E-state index in [0.717, 1.165) is 10.2 Å². The smallest absolute Gasteiger partial charge is 0.238 e. The third-order valence-corrected chi connectivity index (χ3v) is 2.73. The summed E-state index contributed by atoms with van der Waals surface area (Å²) in [6.45, 7) is 0. The number of methoxy groups -OCH3 is 1. The zero-order chi connectivity index (χ0) is 12.3. The maximum atomic E-state index is 5.69. The Morgan fingerprint density at radius 1 is 1.18 bits per heavy atom. The maximum Gasteiger partial charge on any atom is 0.238 e. The number of hydrogen-bond donors (Lipinski definition) is 2. The van der Waals surface area contributed by atoms with Crippen LogP contribution in [0.1, 0.15) is 0 Å². The zero-order valence-corrected chi connectivity index (χ0v) is 10.9. The van der Waals surface area contributed by atoms with Gasteiger partial charge in [0.15, 0.2) is 0 Å². The van der Waals surface area contributed by atoms with Crippen molar-refractivity contribution in [3.63, 3.8) is 0 Å². The van der Waals surface area contributed by atoms with E-state index in [9.17, 15) is 0 Å². The van der Waals surface area contributed by atoms with Crippen LogP contribution in [0, 0.1) is 0 Å². The van der Waals surface area contributed by atoms with E-state index in [1.165, 1.54) is 0 Å². The van der Waals surface area contributed by atoms with Gasteiger partial charge in [-0.05, 0) is 36.4 Å². The molecule has 2 rings (SSSR count). The van der Waals surface area contributed by atoms with Gasteiger partial charge in [-0.15, -0.1) is 0 Å². The topological polar surface area (TPSA) is 60.2 Å². The fourth-order valence-corrected chi connectivity index (χ4v) is 1.63. The fraction of sp³-hybridized carbons (Fsp3) is 0.0833. The molecule has 0 aliphatic carbocycles. The lowest BCUT2D eigenvalue weighted by molar-refractivity contribution is 0.401. The molecule has 0 aliphatic rings. The van der Waals surface area contributed by atoms with Crippen molar-refractivity contribution < 1.29 is 4.74 Å². The standard InChI is InChI=1S/C12H12BrN3O/c1-17-12-10(14)6-7-11(16-12)15-9-4-2-8(13)3-5-9/h2-7H,14H2,1H3,(H,15,16). The highest BCUT2D eigenvalue weighted by atomic mass is 79.9. The van der Waals surface area contributed by atoms with Crippen LogP contribution in [0.25, 0.3) is 0 Å². The first-order chi connectivity index (χ1) is 8.19. The van der Waals surface area contributed by atoms with Gasteiger partial charge in [-0.3, -0.25) is 0 Å². The van der Waals surface area contributed by atoms with E-state index in [-0.39, 0.29) is 0 Å². The van der Waals surface area contributed by atoms with Crippen molar-refractivity contribution in [1.29, 1.82) is 0 Å². The Balaban J connectivity index is 2.21. The van der Waals surface area contributed by atoms with Crippen molar-refractivity contribution >= 4 is 33.1 Å². The van der Waals surface area contributed by atoms with Gasteiger partial charge in [0, 0.05) is 10.2 Å². The second kappa shape index (κ2) is 5.05. The van der Waals surface area contributed by atoms with Crippen LogP contribution in [-0.2, 0) is 0 Å². The fourth-order valence-electron chi connectivity index (χ4n) is 1.37. The molecule has 1 heterocycles. The number of nitrogens with two attached hydrogens (primary N) is 1. The lowest BCUT2D eigenvalue weighted by Crippen LogP contribution is -1.99. The molecule has 1 aromatic heterocycles. The molecule has 0 spiro atoms. The summed E-state index contributed by atoms with van der Waals surface area (Å²) in [4.78, 5) is 4.24. The molecule has 0 bridgehead atoms. The van der Waals surface area contributed by atoms with Crippen LogP contribution in [0.15, 0.2) is 40.9 Å². The number of nitrogens with one attached hydrogen (secondary N) is 1. The van der Waals surface area contributed by atoms with E-state index >= 15 is 0 Å². The summed E-state index contributed by atoms with van der Waals surface area (Å²) in [5.41, 5.74) is 7.17. The Kier molecular flexibility index (Phi) is 3.49. The summed E-state index contributed by atoms with van der Waals surface area (Å²) in [5, 5.41) is 3.17. The first-order valence-corrected chi connectivity index (χ1v) is 5.81. The van der Waals surface area contributed by atoms with Crippen LogP contribution in [0.2, 0.25) is 0 Å². The van der Waals surface area contributed by atoms with Gasteiger partial charge >= 0.3 is 0 Å². The number of rotatable bonds is 3. The number of pyridine rings is 1. The number of hydrogen-bond acceptors (Lipinski definition) is 4. The quantitative estimate of drug-likeness (QED) is 0.912.